The van der Waals surface area contributed by atoms with Crippen LogP contribution in [-0.4, -0.2) is 149 Å². The summed E-state index contributed by atoms with van der Waals surface area (Å²) in [6.45, 7) is 2.17. The van der Waals surface area contributed by atoms with Crippen molar-refractivity contribution >= 4 is 86.6 Å². The SMILES string of the molecule is CC(C)[C@@H]1NC(=O)[C@H](Cc2ccccc2)NC(=O)[C@H](Cc2ccc(O)cc2)NC(=O)CCSSC[C@@H](C(=O)N(C)CC(=O)N[C@@H](CCCN=C(N)N)C(=O)NCC(N)=O)NC(=O)[C@H](CC(N)=O)NC1=O. The molecule has 1 saturated heterocycles. The molecule has 0 spiro atoms. The fourth-order valence-corrected chi connectivity index (χ4v) is 8.91. The lowest BCUT2D eigenvalue weighted by Gasteiger charge is -2.29. The highest BCUT2D eigenvalue weighted by atomic mass is 33.1. The minimum Gasteiger partial charge on any atom is -0.508 e. The lowest BCUT2D eigenvalue weighted by molar-refractivity contribution is -0.139. The number of nitrogens with one attached hydrogen (secondary N) is 7. The number of primary amides is 2. The van der Waals surface area contributed by atoms with Gasteiger partial charge in [-0.2, -0.15) is 0 Å². The normalized spacial score (nSPS) is 20.2. The number of guanidine groups is 1. The number of rotatable bonds is 18. The minimum absolute atomic E-state index is 0.0181. The predicted octanol–water partition coefficient (Wildman–Crippen LogP) is -3.48. The van der Waals surface area contributed by atoms with Crippen LogP contribution in [0.2, 0.25) is 0 Å². The van der Waals surface area contributed by atoms with Crippen LogP contribution in [-0.2, 0) is 60.8 Å². The number of phenols is 1. The molecule has 6 atom stereocenters. The van der Waals surface area contributed by atoms with Gasteiger partial charge in [-0.15, -0.1) is 0 Å². The number of phenolic OH excluding ortho intramolecular Hbond substituents is 1. The number of aliphatic imine (C=N–C) groups is 1. The first-order valence-electron chi connectivity index (χ1n) is 22.1. The molecular formula is C44H63N13O11S2. The van der Waals surface area contributed by atoms with Crippen LogP contribution in [0.1, 0.15) is 50.7 Å². The van der Waals surface area contributed by atoms with Crippen molar-refractivity contribution in [3.63, 3.8) is 0 Å². The van der Waals surface area contributed by atoms with Crippen LogP contribution in [0.4, 0.5) is 0 Å². The second kappa shape index (κ2) is 29.1. The maximum Gasteiger partial charge on any atom is 0.246 e. The Hall–Kier alpha value is -7.09. The van der Waals surface area contributed by atoms with E-state index in [4.69, 9.17) is 22.9 Å². The Balaban J connectivity index is 1.96. The van der Waals surface area contributed by atoms with Gasteiger partial charge in [0.25, 0.3) is 0 Å². The molecule has 382 valence electrons. The van der Waals surface area contributed by atoms with Crippen molar-refractivity contribution in [3.8, 4) is 5.75 Å². The van der Waals surface area contributed by atoms with Gasteiger partial charge in [0.2, 0.25) is 59.1 Å². The van der Waals surface area contributed by atoms with Gasteiger partial charge >= 0.3 is 0 Å². The molecule has 16 N–H and O–H groups in total. The number of carbonyl (C=O) groups is 10. The van der Waals surface area contributed by atoms with Gasteiger partial charge < -0.3 is 70.2 Å². The van der Waals surface area contributed by atoms with Gasteiger partial charge in [-0.1, -0.05) is 77.9 Å². The lowest BCUT2D eigenvalue weighted by Crippen LogP contribution is -2.61. The van der Waals surface area contributed by atoms with Crippen LogP contribution >= 0.6 is 21.6 Å². The van der Waals surface area contributed by atoms with E-state index in [2.05, 4.69) is 42.2 Å². The number of carbonyl (C=O) groups excluding carboxylic acids is 10. The van der Waals surface area contributed by atoms with Crippen LogP contribution < -0.4 is 60.2 Å². The van der Waals surface area contributed by atoms with Crippen molar-refractivity contribution in [2.75, 3.05) is 38.2 Å². The number of likely N-dealkylation sites (N-methyl/N-ethyl adjacent to an activating group) is 1. The Kier molecular flexibility index (Phi) is 23.8. The summed E-state index contributed by atoms with van der Waals surface area (Å²) in [6, 6.07) is 6.55. The van der Waals surface area contributed by atoms with E-state index in [9.17, 15) is 53.1 Å². The van der Waals surface area contributed by atoms with E-state index in [1.165, 1.54) is 19.2 Å². The smallest absolute Gasteiger partial charge is 0.246 e. The standard InChI is InChI=1S/C44H63N13O11S2/c1-24(2)37-42(67)54-31(20-33(45)59)40(65)55-32(43(68)57(3)22-36(62)51-28(10-7-16-49-44(47)48)38(63)50-21-34(46)60)23-70-69-17-15-35(61)52-29(19-26-11-13-27(58)14-12-26)39(64)53-30(41(66)56-37)18-25-8-5-4-6-9-25/h4-6,8-9,11-14,24,28-32,37,58H,7,10,15-23H2,1-3H3,(H2,45,59)(H2,46,60)(H,50,63)(H,51,62)(H,52,61)(H,53,64)(H,54,67)(H,55,65)(H,56,66)(H4,47,48,49)/t28-,29-,30-,31-,32-,37-/m0/s1. The van der Waals surface area contributed by atoms with Gasteiger partial charge in [0.15, 0.2) is 5.96 Å². The molecule has 0 bridgehead atoms. The number of hydrogen-bond acceptors (Lipinski definition) is 14. The number of amides is 10. The van der Waals surface area contributed by atoms with Crippen molar-refractivity contribution in [1.82, 2.24) is 42.1 Å². The van der Waals surface area contributed by atoms with Gasteiger partial charge in [0, 0.05) is 44.4 Å². The molecule has 26 heteroatoms. The highest BCUT2D eigenvalue weighted by molar-refractivity contribution is 8.76. The third-order valence-electron chi connectivity index (χ3n) is 10.4. The topological polar surface area (TPSA) is 395 Å². The highest BCUT2D eigenvalue weighted by Crippen LogP contribution is 2.24. The van der Waals surface area contributed by atoms with E-state index in [1.807, 2.05) is 0 Å². The summed E-state index contributed by atoms with van der Waals surface area (Å²) < 4.78 is 0. The molecule has 0 aliphatic carbocycles. The zero-order valence-corrected chi connectivity index (χ0v) is 40.7. The lowest BCUT2D eigenvalue weighted by atomic mass is 9.99. The van der Waals surface area contributed by atoms with E-state index < -0.39 is 121 Å². The molecule has 2 aromatic carbocycles. The van der Waals surface area contributed by atoms with Gasteiger partial charge in [-0.3, -0.25) is 52.9 Å². The second-order valence-corrected chi connectivity index (χ2v) is 19.2. The summed E-state index contributed by atoms with van der Waals surface area (Å²) in [7, 11) is 3.46. The van der Waals surface area contributed by atoms with E-state index in [-0.39, 0.29) is 61.9 Å². The zero-order valence-electron chi connectivity index (χ0n) is 39.1. The van der Waals surface area contributed by atoms with E-state index in [0.717, 1.165) is 26.5 Å². The van der Waals surface area contributed by atoms with Crippen LogP contribution in [0.5, 0.6) is 5.75 Å². The van der Waals surface area contributed by atoms with E-state index >= 15 is 0 Å². The van der Waals surface area contributed by atoms with Crippen LogP contribution in [0.25, 0.3) is 0 Å². The van der Waals surface area contributed by atoms with Crippen molar-refractivity contribution in [2.45, 2.75) is 88.6 Å². The molecule has 1 heterocycles. The van der Waals surface area contributed by atoms with Gasteiger partial charge in [0.05, 0.1) is 19.5 Å². The number of aromatic hydroxyl groups is 1. The molecule has 0 aromatic heterocycles. The summed E-state index contributed by atoms with van der Waals surface area (Å²) in [5, 5.41) is 27.8. The molecule has 70 heavy (non-hydrogen) atoms. The van der Waals surface area contributed by atoms with Crippen molar-refractivity contribution in [3.05, 3.63) is 65.7 Å². The first-order valence-corrected chi connectivity index (χ1v) is 24.6. The summed E-state index contributed by atoms with van der Waals surface area (Å²) in [5.74, 6) is -9.08. The Bertz CT molecular complexity index is 2200. The second-order valence-electron chi connectivity index (χ2n) is 16.6. The Labute approximate surface area is 412 Å². The van der Waals surface area contributed by atoms with Crippen molar-refractivity contribution < 1.29 is 53.1 Å². The maximum atomic E-state index is 14.2. The number of nitrogens with two attached hydrogens (primary N) is 4. The Morgan fingerprint density at radius 2 is 1.37 bits per heavy atom. The third-order valence-corrected chi connectivity index (χ3v) is 12.8. The molecule has 1 aliphatic heterocycles. The number of benzene rings is 2. The fraction of sp³-hybridized carbons (Fsp3) is 0.477. The van der Waals surface area contributed by atoms with Crippen molar-refractivity contribution in [1.29, 1.82) is 0 Å². The van der Waals surface area contributed by atoms with Gasteiger partial charge in [-0.25, -0.2) is 0 Å². The molecular weight excluding hydrogens is 951 g/mol. The summed E-state index contributed by atoms with van der Waals surface area (Å²) in [6.07, 6.45) is -0.684. The molecule has 1 aliphatic rings. The third kappa shape index (κ3) is 20.6. The Morgan fingerprint density at radius 3 is 1.99 bits per heavy atom. The first kappa shape index (κ1) is 57.2. The molecule has 0 unspecified atom stereocenters. The van der Waals surface area contributed by atoms with Crippen LogP contribution in [0, 0.1) is 5.92 Å². The molecule has 24 nitrogen and oxygen atoms in total. The number of hydrogen-bond donors (Lipinski definition) is 12. The van der Waals surface area contributed by atoms with E-state index in [1.54, 1.807) is 56.3 Å². The monoisotopic (exact) mass is 1010 g/mol. The van der Waals surface area contributed by atoms with Crippen LogP contribution in [0.15, 0.2) is 59.6 Å². The van der Waals surface area contributed by atoms with Crippen LogP contribution in [0.3, 0.4) is 0 Å². The van der Waals surface area contributed by atoms with E-state index in [0.29, 0.717) is 11.1 Å². The minimum atomic E-state index is -1.67. The van der Waals surface area contributed by atoms with Gasteiger partial charge in [-0.05, 0) is 42.0 Å². The molecule has 0 saturated carbocycles. The summed E-state index contributed by atoms with van der Waals surface area (Å²) in [4.78, 5) is 138. The van der Waals surface area contributed by atoms with Crippen molar-refractivity contribution in [2.24, 2.45) is 33.8 Å². The molecule has 10 amide bonds. The predicted molar refractivity (Wildman–Crippen MR) is 261 cm³/mol. The fourth-order valence-electron chi connectivity index (χ4n) is 6.76. The average molecular weight is 1010 g/mol. The first-order chi connectivity index (χ1) is 33.1. The molecule has 2 aromatic rings. The average Bonchev–Trinajstić information content (AvgIpc) is 3.29. The molecule has 3 rings (SSSR count). The maximum absolute atomic E-state index is 14.2. The summed E-state index contributed by atoms with van der Waals surface area (Å²) >= 11 is 0. The molecule has 1 fully saturated rings. The Morgan fingerprint density at radius 1 is 0.771 bits per heavy atom. The molecule has 0 radical (unpaired) electrons. The largest absolute Gasteiger partial charge is 0.508 e. The summed E-state index contributed by atoms with van der Waals surface area (Å²) in [5.41, 5.74) is 22.6. The number of nitrogens with zero attached hydrogens (tertiary/aromatic N) is 2. The highest BCUT2D eigenvalue weighted by Gasteiger charge is 2.35. The van der Waals surface area contributed by atoms with Gasteiger partial charge in [0.1, 0.15) is 42.0 Å². The quantitative estimate of drug-likeness (QED) is 0.0299. The zero-order chi connectivity index (χ0) is 51.9.